The number of aliphatic imine (C=N–C) groups is 1. The highest BCUT2D eigenvalue weighted by molar-refractivity contribution is 8.13. The van der Waals surface area contributed by atoms with Crippen LogP contribution in [0.2, 0.25) is 0 Å². The van der Waals surface area contributed by atoms with Crippen molar-refractivity contribution < 1.29 is 17.9 Å². The van der Waals surface area contributed by atoms with Crippen molar-refractivity contribution >= 4 is 22.7 Å². The second-order valence-corrected chi connectivity index (χ2v) is 4.79. The largest absolute Gasteiger partial charge is 0.408 e. The maximum absolute atomic E-state index is 12.2. The molecule has 1 aromatic heterocycles. The molecule has 0 saturated heterocycles. The van der Waals surface area contributed by atoms with Gasteiger partial charge in [-0.05, 0) is 20.1 Å². The molecule has 0 bridgehead atoms. The number of halogens is 3. The molecular weight excluding hydrogens is 305 g/mol. The normalized spacial score (nSPS) is 12.6. The predicted octanol–water partition coefficient (Wildman–Crippen LogP) is 3.01. The molecule has 0 aliphatic heterocycles. The Morgan fingerprint density at radius 2 is 2.19 bits per heavy atom. The van der Waals surface area contributed by atoms with Crippen LogP contribution in [0.1, 0.15) is 18.3 Å². The van der Waals surface area contributed by atoms with E-state index in [2.05, 4.69) is 20.3 Å². The summed E-state index contributed by atoms with van der Waals surface area (Å²) in [5, 5.41) is 2.94. The van der Waals surface area contributed by atoms with Crippen LogP contribution in [-0.4, -0.2) is 40.7 Å². The summed E-state index contributed by atoms with van der Waals surface area (Å²) in [5.74, 6) is 0.917. The third kappa shape index (κ3) is 6.76. The maximum atomic E-state index is 12.2. The third-order valence-electron chi connectivity index (χ3n) is 2.27. The van der Waals surface area contributed by atoms with Gasteiger partial charge in [0.2, 0.25) is 0 Å². The molecule has 0 aromatic carbocycles. The van der Waals surface area contributed by atoms with E-state index in [9.17, 15) is 13.2 Å². The first-order valence-corrected chi connectivity index (χ1v) is 7.40. The molecule has 0 unspecified atom stereocenters. The molecule has 0 spiro atoms. The Hall–Kier alpha value is -1.35. The first-order chi connectivity index (χ1) is 9.85. The molecule has 0 amide bonds. The van der Waals surface area contributed by atoms with Crippen LogP contribution in [0.15, 0.2) is 11.2 Å². The van der Waals surface area contributed by atoms with Crippen molar-refractivity contribution in [1.29, 1.82) is 0 Å². The molecule has 5 nitrogen and oxygen atoms in total. The highest BCUT2D eigenvalue weighted by atomic mass is 32.2. The minimum atomic E-state index is -4.33. The Morgan fingerprint density at radius 3 is 2.76 bits per heavy atom. The third-order valence-corrected chi connectivity index (χ3v) is 2.89. The lowest BCUT2D eigenvalue weighted by molar-refractivity contribution is -0.118. The molecule has 0 atom stereocenters. The molecular formula is C12H17F3N4OS. The minimum absolute atomic E-state index is 0.142. The molecule has 1 aromatic rings. The summed E-state index contributed by atoms with van der Waals surface area (Å²) in [5.41, 5.74) is 0.663. The zero-order chi connectivity index (χ0) is 15.9. The lowest BCUT2D eigenvalue weighted by Crippen LogP contribution is -2.18. The molecule has 0 aliphatic carbocycles. The summed E-state index contributed by atoms with van der Waals surface area (Å²) in [4.78, 5) is 11.7. The molecule has 118 valence electrons. The van der Waals surface area contributed by atoms with Gasteiger partial charge in [0.1, 0.15) is 18.2 Å². The molecule has 0 aliphatic rings. The molecule has 1 N–H and O–H groups in total. The van der Waals surface area contributed by atoms with Gasteiger partial charge in [-0.25, -0.2) is 9.97 Å². The summed E-state index contributed by atoms with van der Waals surface area (Å²) in [6, 6.07) is 0. The van der Waals surface area contributed by atoms with E-state index in [-0.39, 0.29) is 11.8 Å². The highest BCUT2D eigenvalue weighted by Crippen LogP contribution is 2.18. The number of nitrogens with one attached hydrogen (secondary N) is 1. The van der Waals surface area contributed by atoms with Crippen molar-refractivity contribution in [1.82, 2.24) is 9.97 Å². The van der Waals surface area contributed by atoms with Crippen molar-refractivity contribution in [2.75, 3.05) is 24.7 Å². The average molecular weight is 322 g/mol. The fourth-order valence-corrected chi connectivity index (χ4v) is 1.73. The number of aryl methyl sites for hydroxylation is 1. The SMILES string of the molecule is CCOCc1cnc(C)nc1NC(=NCC(F)(F)F)SC. The van der Waals surface area contributed by atoms with Crippen LogP contribution in [0.3, 0.4) is 0 Å². The van der Waals surface area contributed by atoms with Gasteiger partial charge in [-0.2, -0.15) is 13.2 Å². The zero-order valence-electron chi connectivity index (χ0n) is 12.0. The summed E-state index contributed by atoms with van der Waals surface area (Å²) in [7, 11) is 0. The summed E-state index contributed by atoms with van der Waals surface area (Å²) in [6.45, 7) is 3.10. The van der Waals surface area contributed by atoms with Gasteiger partial charge in [-0.3, -0.25) is 4.99 Å². The van der Waals surface area contributed by atoms with Gasteiger partial charge in [-0.1, -0.05) is 11.8 Å². The van der Waals surface area contributed by atoms with E-state index in [0.717, 1.165) is 11.8 Å². The van der Waals surface area contributed by atoms with Crippen molar-refractivity contribution in [2.45, 2.75) is 26.6 Å². The monoisotopic (exact) mass is 322 g/mol. The summed E-state index contributed by atoms with van der Waals surface area (Å²) >= 11 is 1.08. The number of ether oxygens (including phenoxy) is 1. The second kappa shape index (κ2) is 8.18. The first kappa shape index (κ1) is 17.7. The molecule has 0 saturated carbocycles. The van der Waals surface area contributed by atoms with Gasteiger partial charge in [0, 0.05) is 18.4 Å². The Kier molecular flexibility index (Phi) is 6.90. The van der Waals surface area contributed by atoms with Crippen molar-refractivity contribution in [2.24, 2.45) is 4.99 Å². The molecule has 0 radical (unpaired) electrons. The number of hydrogen-bond donors (Lipinski definition) is 1. The van der Waals surface area contributed by atoms with Crippen LogP contribution in [-0.2, 0) is 11.3 Å². The summed E-state index contributed by atoms with van der Waals surface area (Å²) < 4.78 is 41.9. The fourth-order valence-electron chi connectivity index (χ4n) is 1.34. The van der Waals surface area contributed by atoms with E-state index in [1.54, 1.807) is 19.4 Å². The van der Waals surface area contributed by atoms with Crippen molar-refractivity contribution in [3.8, 4) is 0 Å². The standard InChI is InChI=1S/C12H17F3N4OS/c1-4-20-6-9-5-16-8(2)18-10(9)19-11(21-3)17-7-12(13,14)15/h5H,4,6-7H2,1-3H3,(H,16,17,18,19). The quantitative estimate of drug-likeness (QED) is 0.667. The first-order valence-electron chi connectivity index (χ1n) is 6.18. The number of hydrogen-bond acceptors (Lipinski definition) is 5. The Balaban J connectivity index is 2.90. The van der Waals surface area contributed by atoms with Crippen LogP contribution < -0.4 is 5.32 Å². The summed E-state index contributed by atoms with van der Waals surface area (Å²) in [6.07, 6.45) is -1.11. The van der Waals surface area contributed by atoms with E-state index in [1.807, 2.05) is 6.92 Å². The van der Waals surface area contributed by atoms with Crippen LogP contribution in [0.4, 0.5) is 19.0 Å². The van der Waals surface area contributed by atoms with Crippen LogP contribution >= 0.6 is 11.8 Å². The Bertz CT molecular complexity index is 494. The maximum Gasteiger partial charge on any atom is 0.408 e. The topological polar surface area (TPSA) is 59.4 Å². The van der Waals surface area contributed by atoms with E-state index in [1.165, 1.54) is 0 Å². The van der Waals surface area contributed by atoms with E-state index in [0.29, 0.717) is 23.8 Å². The van der Waals surface area contributed by atoms with E-state index < -0.39 is 12.7 Å². The average Bonchev–Trinajstić information content (AvgIpc) is 2.41. The highest BCUT2D eigenvalue weighted by Gasteiger charge is 2.26. The molecule has 0 fully saturated rings. The zero-order valence-corrected chi connectivity index (χ0v) is 12.8. The van der Waals surface area contributed by atoms with Gasteiger partial charge < -0.3 is 10.1 Å². The fraction of sp³-hybridized carbons (Fsp3) is 0.583. The van der Waals surface area contributed by atoms with Crippen LogP contribution in [0.25, 0.3) is 0 Å². The van der Waals surface area contributed by atoms with Crippen LogP contribution in [0, 0.1) is 6.92 Å². The smallest absolute Gasteiger partial charge is 0.377 e. The van der Waals surface area contributed by atoms with E-state index >= 15 is 0 Å². The van der Waals surface area contributed by atoms with Crippen LogP contribution in [0.5, 0.6) is 0 Å². The van der Waals surface area contributed by atoms with Gasteiger partial charge in [0.15, 0.2) is 5.17 Å². The number of amidine groups is 1. The van der Waals surface area contributed by atoms with Crippen molar-refractivity contribution in [3.05, 3.63) is 17.6 Å². The molecule has 1 heterocycles. The lowest BCUT2D eigenvalue weighted by atomic mass is 10.3. The van der Waals surface area contributed by atoms with Gasteiger partial charge >= 0.3 is 6.18 Å². The van der Waals surface area contributed by atoms with Crippen molar-refractivity contribution in [3.63, 3.8) is 0 Å². The molecule has 21 heavy (non-hydrogen) atoms. The Morgan fingerprint density at radius 1 is 1.48 bits per heavy atom. The number of anilines is 1. The molecule has 1 rings (SSSR count). The number of nitrogens with zero attached hydrogens (tertiary/aromatic N) is 3. The lowest BCUT2D eigenvalue weighted by Gasteiger charge is -2.12. The number of thioether (sulfide) groups is 1. The minimum Gasteiger partial charge on any atom is -0.377 e. The number of rotatable bonds is 5. The second-order valence-electron chi connectivity index (χ2n) is 3.99. The molecule has 9 heteroatoms. The number of aromatic nitrogens is 2. The van der Waals surface area contributed by atoms with Gasteiger partial charge in [-0.15, -0.1) is 0 Å². The Labute approximate surface area is 125 Å². The van der Waals surface area contributed by atoms with Gasteiger partial charge in [0.25, 0.3) is 0 Å². The van der Waals surface area contributed by atoms with E-state index in [4.69, 9.17) is 4.74 Å². The van der Waals surface area contributed by atoms with Gasteiger partial charge in [0.05, 0.1) is 6.61 Å². The number of alkyl halides is 3. The predicted molar refractivity (Wildman–Crippen MR) is 77.6 cm³/mol.